The minimum Gasteiger partial charge on any atom is -0.487 e. The van der Waals surface area contributed by atoms with Crippen LogP contribution in [0.1, 0.15) is 0 Å². The van der Waals surface area contributed by atoms with Gasteiger partial charge in [-0.25, -0.2) is 0 Å². The molecule has 6 heteroatoms. The quantitative estimate of drug-likeness (QED) is 0.541. The maximum absolute atomic E-state index is 5.70. The van der Waals surface area contributed by atoms with E-state index in [0.717, 1.165) is 18.6 Å². The van der Waals surface area contributed by atoms with Gasteiger partial charge in [0.2, 0.25) is 0 Å². The van der Waals surface area contributed by atoms with Crippen molar-refractivity contribution < 1.29 is 18.9 Å². The van der Waals surface area contributed by atoms with E-state index in [1.807, 2.05) is 12.1 Å². The number of fused-ring (bicyclic) bond motifs is 1. The van der Waals surface area contributed by atoms with Crippen molar-refractivity contribution in [2.24, 2.45) is 0 Å². The van der Waals surface area contributed by atoms with E-state index in [9.17, 15) is 0 Å². The van der Waals surface area contributed by atoms with E-state index >= 15 is 0 Å². The lowest BCUT2D eigenvalue weighted by molar-refractivity contribution is 0.0223. The molecule has 0 bridgehead atoms. The molecule has 0 aliphatic carbocycles. The first kappa shape index (κ1) is 14.6. The standard InChI is InChI=1S/C12H14I2O4/c13-9-7-11-12(8-10(9)14)18-6-4-16-2-1-15-3-5-17-11/h7-8H,1-6H2. The summed E-state index contributed by atoms with van der Waals surface area (Å²) in [6.45, 7) is 3.36. The molecule has 0 aromatic heterocycles. The fourth-order valence-electron chi connectivity index (χ4n) is 1.48. The van der Waals surface area contributed by atoms with Gasteiger partial charge in [0.25, 0.3) is 0 Å². The van der Waals surface area contributed by atoms with E-state index in [4.69, 9.17) is 18.9 Å². The molecule has 0 saturated heterocycles. The summed E-state index contributed by atoms with van der Waals surface area (Å²) in [5, 5.41) is 0. The Morgan fingerprint density at radius 3 is 1.50 bits per heavy atom. The van der Waals surface area contributed by atoms with E-state index in [1.54, 1.807) is 0 Å². The van der Waals surface area contributed by atoms with Gasteiger partial charge in [-0.05, 0) is 57.3 Å². The largest absolute Gasteiger partial charge is 0.487 e. The number of hydrogen-bond donors (Lipinski definition) is 0. The van der Waals surface area contributed by atoms with Crippen molar-refractivity contribution in [1.82, 2.24) is 0 Å². The van der Waals surface area contributed by atoms with Gasteiger partial charge in [-0.2, -0.15) is 0 Å². The summed E-state index contributed by atoms with van der Waals surface area (Å²) in [5.41, 5.74) is 0. The van der Waals surface area contributed by atoms with Crippen molar-refractivity contribution in [2.45, 2.75) is 0 Å². The van der Waals surface area contributed by atoms with Crippen molar-refractivity contribution in [3.8, 4) is 11.5 Å². The Morgan fingerprint density at radius 2 is 1.06 bits per heavy atom. The van der Waals surface area contributed by atoms with Gasteiger partial charge in [0.05, 0.1) is 26.4 Å². The van der Waals surface area contributed by atoms with Gasteiger partial charge in [-0.3, -0.25) is 0 Å². The van der Waals surface area contributed by atoms with Crippen molar-refractivity contribution in [3.63, 3.8) is 0 Å². The summed E-state index contributed by atoms with van der Waals surface area (Å²) in [7, 11) is 0. The Morgan fingerprint density at radius 1 is 0.667 bits per heavy atom. The average molecular weight is 476 g/mol. The Kier molecular flexibility index (Phi) is 6.25. The van der Waals surface area contributed by atoms with Crippen molar-refractivity contribution in [3.05, 3.63) is 19.3 Å². The van der Waals surface area contributed by atoms with E-state index in [-0.39, 0.29) is 0 Å². The maximum atomic E-state index is 5.70. The molecule has 1 heterocycles. The molecule has 0 atom stereocenters. The molecule has 0 N–H and O–H groups in total. The number of rotatable bonds is 0. The lowest BCUT2D eigenvalue weighted by atomic mass is 10.3. The molecular weight excluding hydrogens is 462 g/mol. The van der Waals surface area contributed by atoms with E-state index in [2.05, 4.69) is 45.2 Å². The molecule has 1 aromatic carbocycles. The van der Waals surface area contributed by atoms with Crippen LogP contribution in [-0.2, 0) is 9.47 Å². The van der Waals surface area contributed by atoms with Crippen LogP contribution >= 0.6 is 45.2 Å². The number of ether oxygens (including phenoxy) is 4. The SMILES string of the molecule is Ic1cc2c(cc1I)OCCOCCOCCO2. The van der Waals surface area contributed by atoms with Crippen LogP contribution in [0.4, 0.5) is 0 Å². The van der Waals surface area contributed by atoms with Gasteiger partial charge < -0.3 is 18.9 Å². The zero-order chi connectivity index (χ0) is 12.8. The molecule has 0 saturated carbocycles. The Hall–Kier alpha value is 0.200. The van der Waals surface area contributed by atoms with Crippen LogP contribution in [-0.4, -0.2) is 39.6 Å². The van der Waals surface area contributed by atoms with Gasteiger partial charge in [0.15, 0.2) is 11.5 Å². The maximum Gasteiger partial charge on any atom is 0.162 e. The predicted molar refractivity (Wildman–Crippen MR) is 84.5 cm³/mol. The molecule has 4 nitrogen and oxygen atoms in total. The Balaban J connectivity index is 2.12. The molecule has 18 heavy (non-hydrogen) atoms. The smallest absolute Gasteiger partial charge is 0.162 e. The minimum absolute atomic E-state index is 0.521. The first-order valence-electron chi connectivity index (χ1n) is 5.67. The van der Waals surface area contributed by atoms with Crippen LogP contribution in [0, 0.1) is 7.14 Å². The van der Waals surface area contributed by atoms with Crippen LogP contribution in [0.2, 0.25) is 0 Å². The van der Waals surface area contributed by atoms with E-state index < -0.39 is 0 Å². The first-order chi connectivity index (χ1) is 8.77. The highest BCUT2D eigenvalue weighted by Gasteiger charge is 2.10. The summed E-state index contributed by atoms with van der Waals surface area (Å²) >= 11 is 4.57. The van der Waals surface area contributed by atoms with Crippen molar-refractivity contribution in [2.75, 3.05) is 39.6 Å². The van der Waals surface area contributed by atoms with E-state index in [0.29, 0.717) is 39.6 Å². The second-order valence-electron chi connectivity index (χ2n) is 3.63. The van der Waals surface area contributed by atoms with Crippen LogP contribution in [0.25, 0.3) is 0 Å². The van der Waals surface area contributed by atoms with Gasteiger partial charge in [-0.15, -0.1) is 0 Å². The summed E-state index contributed by atoms with van der Waals surface area (Å²) in [6, 6.07) is 3.98. The zero-order valence-corrected chi connectivity index (χ0v) is 14.1. The van der Waals surface area contributed by atoms with Crippen LogP contribution in [0.15, 0.2) is 12.1 Å². The zero-order valence-electron chi connectivity index (χ0n) is 9.79. The number of benzene rings is 1. The molecule has 2 rings (SSSR count). The molecule has 1 aliphatic heterocycles. The fourth-order valence-corrected chi connectivity index (χ4v) is 2.36. The van der Waals surface area contributed by atoms with Crippen molar-refractivity contribution in [1.29, 1.82) is 0 Å². The predicted octanol–water partition coefficient (Wildman–Crippen LogP) is 2.70. The molecule has 1 aromatic rings. The van der Waals surface area contributed by atoms with Gasteiger partial charge in [-0.1, -0.05) is 0 Å². The third-order valence-corrected chi connectivity index (χ3v) is 5.15. The third kappa shape index (κ3) is 4.39. The molecular formula is C12H14I2O4. The second-order valence-corrected chi connectivity index (χ2v) is 5.96. The average Bonchev–Trinajstić information content (AvgIpc) is 2.34. The first-order valence-corrected chi connectivity index (χ1v) is 7.83. The number of hydrogen-bond acceptors (Lipinski definition) is 4. The molecule has 0 radical (unpaired) electrons. The molecule has 0 unspecified atom stereocenters. The third-order valence-electron chi connectivity index (χ3n) is 2.33. The normalized spacial score (nSPS) is 17.7. The summed E-state index contributed by atoms with van der Waals surface area (Å²) < 4.78 is 24.5. The van der Waals surface area contributed by atoms with Gasteiger partial charge in [0.1, 0.15) is 13.2 Å². The topological polar surface area (TPSA) is 36.9 Å². The molecule has 0 amide bonds. The van der Waals surface area contributed by atoms with Crippen LogP contribution in [0.3, 0.4) is 0 Å². The van der Waals surface area contributed by atoms with Gasteiger partial charge in [0, 0.05) is 7.14 Å². The lowest BCUT2D eigenvalue weighted by Gasteiger charge is -2.15. The molecule has 0 fully saturated rings. The summed E-state index contributed by atoms with van der Waals surface area (Å²) in [5.74, 6) is 1.54. The Bertz CT molecular complexity index is 361. The van der Waals surface area contributed by atoms with Gasteiger partial charge >= 0.3 is 0 Å². The number of halogens is 2. The Labute approximate surface area is 134 Å². The fraction of sp³-hybridized carbons (Fsp3) is 0.500. The van der Waals surface area contributed by atoms with E-state index in [1.165, 1.54) is 0 Å². The highest BCUT2D eigenvalue weighted by Crippen LogP contribution is 2.32. The highest BCUT2D eigenvalue weighted by molar-refractivity contribution is 14.1. The van der Waals surface area contributed by atoms with Crippen LogP contribution < -0.4 is 9.47 Å². The minimum atomic E-state index is 0.521. The molecule has 0 spiro atoms. The summed E-state index contributed by atoms with van der Waals surface area (Å²) in [4.78, 5) is 0. The van der Waals surface area contributed by atoms with Crippen molar-refractivity contribution >= 4 is 45.2 Å². The lowest BCUT2D eigenvalue weighted by Crippen LogP contribution is -2.16. The second kappa shape index (κ2) is 7.71. The molecule has 1 aliphatic rings. The molecule has 100 valence electrons. The highest BCUT2D eigenvalue weighted by atomic mass is 127. The monoisotopic (exact) mass is 476 g/mol. The summed E-state index contributed by atoms with van der Waals surface area (Å²) in [6.07, 6.45) is 0. The van der Waals surface area contributed by atoms with Crippen LogP contribution in [0.5, 0.6) is 11.5 Å².